The van der Waals surface area contributed by atoms with E-state index in [1.165, 1.54) is 6.92 Å². The van der Waals surface area contributed by atoms with Gasteiger partial charge in [0.1, 0.15) is 6.54 Å². The molecule has 1 unspecified atom stereocenters. The van der Waals surface area contributed by atoms with Crippen LogP contribution in [0.15, 0.2) is 0 Å². The highest BCUT2D eigenvalue weighted by molar-refractivity contribution is 5.89. The Kier molecular flexibility index (Phi) is 3.79. The third kappa shape index (κ3) is 4.34. The molecule has 5 heteroatoms. The normalized spacial score (nSPS) is 16.1. The molecule has 0 rings (SSSR count). The second-order valence-corrected chi connectivity index (χ2v) is 4.61. The zero-order valence-electron chi connectivity index (χ0n) is 9.07. The highest BCUT2D eigenvalue weighted by Crippen LogP contribution is 2.15. The first kappa shape index (κ1) is 13.1. The van der Waals surface area contributed by atoms with Gasteiger partial charge in [-0.2, -0.15) is 0 Å². The van der Waals surface area contributed by atoms with Gasteiger partial charge < -0.3 is 14.7 Å². The van der Waals surface area contributed by atoms with Gasteiger partial charge in [-0.1, -0.05) is 0 Å². The molecule has 2 N–H and O–H groups in total. The molecule has 0 amide bonds. The number of nitrogens with zero attached hydrogens (tertiary/aromatic N) is 1. The van der Waals surface area contributed by atoms with Crippen LogP contribution in [0.4, 0.5) is 0 Å². The standard InChI is InChI=1S/C9H17NO4/c1-7(11)9(14,5-8(12)13)6-10(2,3)4/h14H,5-6H2,1-4H3/p+1. The Morgan fingerprint density at radius 1 is 1.29 bits per heavy atom. The van der Waals surface area contributed by atoms with Gasteiger partial charge in [-0.05, 0) is 6.92 Å². The molecule has 0 spiro atoms. The van der Waals surface area contributed by atoms with E-state index in [1.807, 2.05) is 0 Å². The molecule has 0 saturated carbocycles. The molecule has 0 aromatic heterocycles. The monoisotopic (exact) mass is 204 g/mol. The number of likely N-dealkylation sites (N-methyl/N-ethyl adjacent to an activating group) is 1. The maximum Gasteiger partial charge on any atom is 0.306 e. The molecule has 0 heterocycles. The maximum absolute atomic E-state index is 11.2. The summed E-state index contributed by atoms with van der Waals surface area (Å²) in [5.74, 6) is -1.68. The number of hydrogen-bond donors (Lipinski definition) is 2. The number of carboxylic acid groups (broad SMARTS) is 1. The summed E-state index contributed by atoms with van der Waals surface area (Å²) in [4.78, 5) is 21.6. The molecule has 0 saturated heterocycles. The minimum absolute atomic E-state index is 0.0919. The van der Waals surface area contributed by atoms with E-state index in [0.29, 0.717) is 4.48 Å². The summed E-state index contributed by atoms with van der Waals surface area (Å²) in [7, 11) is 5.36. The lowest BCUT2D eigenvalue weighted by atomic mass is 9.94. The smallest absolute Gasteiger partial charge is 0.306 e. The first-order valence-corrected chi connectivity index (χ1v) is 4.32. The van der Waals surface area contributed by atoms with Crippen molar-refractivity contribution in [3.05, 3.63) is 0 Å². The van der Waals surface area contributed by atoms with Gasteiger partial charge in [-0.25, -0.2) is 0 Å². The van der Waals surface area contributed by atoms with Crippen LogP contribution in [-0.2, 0) is 9.59 Å². The molecular weight excluding hydrogens is 186 g/mol. The molecule has 0 radical (unpaired) electrons. The number of quaternary nitrogens is 1. The van der Waals surface area contributed by atoms with Crippen LogP contribution < -0.4 is 0 Å². The fourth-order valence-corrected chi connectivity index (χ4v) is 1.33. The fourth-order valence-electron chi connectivity index (χ4n) is 1.33. The summed E-state index contributed by atoms with van der Waals surface area (Å²) < 4.78 is 0.337. The fraction of sp³-hybridized carbons (Fsp3) is 0.778. The number of rotatable bonds is 5. The Morgan fingerprint density at radius 3 is 1.93 bits per heavy atom. The molecule has 0 aromatic rings. The average molecular weight is 204 g/mol. The molecular formula is C9H18NO4+. The molecule has 0 aliphatic carbocycles. The molecule has 0 bridgehead atoms. The number of ketones is 1. The third-order valence-electron chi connectivity index (χ3n) is 1.83. The topological polar surface area (TPSA) is 74.6 Å². The van der Waals surface area contributed by atoms with Crippen LogP contribution in [-0.4, -0.2) is 59.7 Å². The lowest BCUT2D eigenvalue weighted by Gasteiger charge is -2.32. The van der Waals surface area contributed by atoms with Gasteiger partial charge in [-0.15, -0.1) is 0 Å². The van der Waals surface area contributed by atoms with Gasteiger partial charge in [0.25, 0.3) is 0 Å². The van der Waals surface area contributed by atoms with Crippen molar-refractivity contribution in [3.8, 4) is 0 Å². The van der Waals surface area contributed by atoms with Crippen LogP contribution in [0, 0.1) is 0 Å². The van der Waals surface area contributed by atoms with E-state index in [2.05, 4.69) is 0 Å². The van der Waals surface area contributed by atoms with Crippen LogP contribution in [0.5, 0.6) is 0 Å². The van der Waals surface area contributed by atoms with Crippen LogP contribution in [0.25, 0.3) is 0 Å². The zero-order valence-corrected chi connectivity index (χ0v) is 9.07. The number of hydrogen-bond acceptors (Lipinski definition) is 3. The van der Waals surface area contributed by atoms with Crippen LogP contribution in [0.3, 0.4) is 0 Å². The summed E-state index contributed by atoms with van der Waals surface area (Å²) in [6.45, 7) is 1.30. The largest absolute Gasteiger partial charge is 0.481 e. The van der Waals surface area contributed by atoms with Crippen LogP contribution in [0.2, 0.25) is 0 Å². The molecule has 0 fully saturated rings. The number of Topliss-reactive ketones (excluding diaryl/α,β-unsaturated/α-hetero) is 1. The Labute approximate surface area is 83.5 Å². The zero-order chi connectivity index (χ0) is 11.6. The van der Waals surface area contributed by atoms with E-state index in [-0.39, 0.29) is 6.54 Å². The minimum atomic E-state index is -1.76. The maximum atomic E-state index is 11.2. The van der Waals surface area contributed by atoms with Crippen molar-refractivity contribution in [1.82, 2.24) is 0 Å². The van der Waals surface area contributed by atoms with E-state index in [1.54, 1.807) is 21.1 Å². The van der Waals surface area contributed by atoms with Crippen molar-refractivity contribution in [3.63, 3.8) is 0 Å². The van der Waals surface area contributed by atoms with Gasteiger partial charge in [-0.3, -0.25) is 9.59 Å². The molecule has 82 valence electrons. The summed E-state index contributed by atoms with van der Waals surface area (Å²) in [5.41, 5.74) is -1.76. The highest BCUT2D eigenvalue weighted by atomic mass is 16.4. The van der Waals surface area contributed by atoms with E-state index in [0.717, 1.165) is 0 Å². The van der Waals surface area contributed by atoms with Crippen molar-refractivity contribution in [1.29, 1.82) is 0 Å². The van der Waals surface area contributed by atoms with Gasteiger partial charge in [0, 0.05) is 0 Å². The molecule has 0 aliphatic rings. The summed E-state index contributed by atoms with van der Waals surface area (Å²) in [6, 6.07) is 0. The van der Waals surface area contributed by atoms with Gasteiger partial charge in [0.2, 0.25) is 0 Å². The lowest BCUT2D eigenvalue weighted by Crippen LogP contribution is -2.54. The average Bonchev–Trinajstić information content (AvgIpc) is 1.79. The van der Waals surface area contributed by atoms with Gasteiger partial charge in [0.05, 0.1) is 27.6 Å². The Balaban J connectivity index is 4.73. The predicted molar refractivity (Wildman–Crippen MR) is 50.8 cm³/mol. The van der Waals surface area contributed by atoms with Gasteiger partial charge >= 0.3 is 5.97 Å². The van der Waals surface area contributed by atoms with Crippen molar-refractivity contribution < 1.29 is 24.3 Å². The predicted octanol–water partition coefficient (Wildman–Crippen LogP) is -0.513. The second-order valence-electron chi connectivity index (χ2n) is 4.61. The molecule has 0 aliphatic heterocycles. The lowest BCUT2D eigenvalue weighted by molar-refractivity contribution is -0.875. The Morgan fingerprint density at radius 2 is 1.71 bits per heavy atom. The number of carbonyl (C=O) groups is 2. The Hall–Kier alpha value is -0.940. The van der Waals surface area contributed by atoms with E-state index >= 15 is 0 Å². The molecule has 5 nitrogen and oxygen atoms in total. The highest BCUT2D eigenvalue weighted by Gasteiger charge is 2.40. The number of aliphatic hydroxyl groups is 1. The van der Waals surface area contributed by atoms with Crippen molar-refractivity contribution in [2.24, 2.45) is 0 Å². The first-order chi connectivity index (χ1) is 6.07. The summed E-state index contributed by atoms with van der Waals surface area (Å²) in [5, 5.41) is 18.4. The number of carboxylic acids is 1. The molecule has 0 aromatic carbocycles. The summed E-state index contributed by atoms with van der Waals surface area (Å²) in [6.07, 6.45) is -0.544. The van der Waals surface area contributed by atoms with Crippen molar-refractivity contribution in [2.75, 3.05) is 27.7 Å². The molecule has 14 heavy (non-hydrogen) atoms. The first-order valence-electron chi connectivity index (χ1n) is 4.32. The van der Waals surface area contributed by atoms with Crippen molar-refractivity contribution >= 4 is 11.8 Å². The summed E-state index contributed by atoms with van der Waals surface area (Å²) >= 11 is 0. The van der Waals surface area contributed by atoms with Crippen LogP contribution in [0.1, 0.15) is 13.3 Å². The number of carbonyl (C=O) groups excluding carboxylic acids is 1. The second kappa shape index (κ2) is 4.06. The quantitative estimate of drug-likeness (QED) is 0.591. The van der Waals surface area contributed by atoms with Crippen molar-refractivity contribution in [2.45, 2.75) is 18.9 Å². The minimum Gasteiger partial charge on any atom is -0.481 e. The van der Waals surface area contributed by atoms with E-state index in [4.69, 9.17) is 5.11 Å². The third-order valence-corrected chi connectivity index (χ3v) is 1.83. The van der Waals surface area contributed by atoms with Crippen LogP contribution >= 0.6 is 0 Å². The Bertz CT molecular complexity index is 244. The van der Waals surface area contributed by atoms with Gasteiger partial charge in [0.15, 0.2) is 11.4 Å². The SMILES string of the molecule is CC(=O)C(O)(CC(=O)O)C[N+](C)(C)C. The number of aliphatic carboxylic acids is 1. The molecule has 1 atom stereocenters. The van der Waals surface area contributed by atoms with E-state index in [9.17, 15) is 14.7 Å². The van der Waals surface area contributed by atoms with E-state index < -0.39 is 23.8 Å².